The summed E-state index contributed by atoms with van der Waals surface area (Å²) in [6.45, 7) is 1.73. The Balaban J connectivity index is 1.33. The number of halogens is 1. The van der Waals surface area contributed by atoms with Crippen LogP contribution in [-0.4, -0.2) is 22.6 Å². The van der Waals surface area contributed by atoms with Gasteiger partial charge in [-0.2, -0.15) is 0 Å². The molecule has 0 spiro atoms. The van der Waals surface area contributed by atoms with Crippen molar-refractivity contribution in [3.05, 3.63) is 100 Å². The summed E-state index contributed by atoms with van der Waals surface area (Å²) in [7, 11) is 0. The van der Waals surface area contributed by atoms with Gasteiger partial charge in [0, 0.05) is 37.8 Å². The van der Waals surface area contributed by atoms with E-state index in [2.05, 4.69) is 15.8 Å². The van der Waals surface area contributed by atoms with Gasteiger partial charge in [-0.15, -0.1) is 11.8 Å². The van der Waals surface area contributed by atoms with Crippen molar-refractivity contribution >= 4 is 51.9 Å². The van der Waals surface area contributed by atoms with Gasteiger partial charge in [0.25, 0.3) is 11.7 Å². The van der Waals surface area contributed by atoms with Crippen molar-refractivity contribution in [3.8, 4) is 0 Å². The SMILES string of the molecule is Cc1[nH]c2ccccc2c1C(=O)C(=O)NNC(=O)c1ccc(CSc2ccc(Cl)cc2)cc1. The van der Waals surface area contributed by atoms with E-state index in [0.29, 0.717) is 27.2 Å². The lowest BCUT2D eigenvalue weighted by molar-refractivity contribution is -0.117. The van der Waals surface area contributed by atoms with Gasteiger partial charge >= 0.3 is 5.91 Å². The summed E-state index contributed by atoms with van der Waals surface area (Å²) in [5.41, 5.74) is 7.58. The average molecular weight is 478 g/mol. The number of para-hydroxylation sites is 1. The third-order valence-corrected chi connectivity index (χ3v) is 6.39. The van der Waals surface area contributed by atoms with Crippen LogP contribution in [0.2, 0.25) is 5.02 Å². The maximum atomic E-state index is 12.6. The largest absolute Gasteiger partial charge is 0.358 e. The van der Waals surface area contributed by atoms with Crippen LogP contribution < -0.4 is 10.9 Å². The number of aryl methyl sites for hydroxylation is 1. The Hall–Kier alpha value is -3.55. The standard InChI is InChI=1S/C25H20ClN3O3S/c1-15-22(20-4-2-3-5-21(20)27-15)23(30)25(32)29-28-24(31)17-8-6-16(7-9-17)14-33-19-12-10-18(26)11-13-19/h2-13,27H,14H2,1H3,(H,28,31)(H,29,32). The summed E-state index contributed by atoms with van der Waals surface area (Å²) < 4.78 is 0. The van der Waals surface area contributed by atoms with Crippen molar-refractivity contribution < 1.29 is 14.4 Å². The minimum Gasteiger partial charge on any atom is -0.358 e. The molecule has 0 bridgehead atoms. The minimum atomic E-state index is -0.910. The molecule has 0 aliphatic rings. The molecule has 6 nitrogen and oxygen atoms in total. The van der Waals surface area contributed by atoms with Crippen molar-refractivity contribution in [2.45, 2.75) is 17.6 Å². The van der Waals surface area contributed by atoms with Gasteiger partial charge < -0.3 is 4.98 Å². The highest BCUT2D eigenvalue weighted by Gasteiger charge is 2.23. The number of benzene rings is 3. The van der Waals surface area contributed by atoms with Crippen molar-refractivity contribution in [3.63, 3.8) is 0 Å². The van der Waals surface area contributed by atoms with Crippen LogP contribution in [-0.2, 0) is 10.5 Å². The summed E-state index contributed by atoms with van der Waals surface area (Å²) in [6.07, 6.45) is 0. The van der Waals surface area contributed by atoms with Crippen LogP contribution in [0.4, 0.5) is 0 Å². The number of rotatable bonds is 6. The summed E-state index contributed by atoms with van der Waals surface area (Å²) in [6, 6.07) is 21.9. The van der Waals surface area contributed by atoms with Gasteiger partial charge in [-0.25, -0.2) is 0 Å². The topological polar surface area (TPSA) is 91.1 Å². The Bertz CT molecular complexity index is 1330. The molecule has 0 radical (unpaired) electrons. The molecular weight excluding hydrogens is 458 g/mol. The molecule has 0 fully saturated rings. The lowest BCUT2D eigenvalue weighted by atomic mass is 10.1. The fourth-order valence-corrected chi connectivity index (χ4v) is 4.36. The van der Waals surface area contributed by atoms with Crippen molar-refractivity contribution in [2.75, 3.05) is 0 Å². The maximum absolute atomic E-state index is 12.6. The van der Waals surface area contributed by atoms with E-state index in [9.17, 15) is 14.4 Å². The lowest BCUT2D eigenvalue weighted by Gasteiger charge is -2.08. The molecule has 0 unspecified atom stereocenters. The number of thioether (sulfide) groups is 1. The number of fused-ring (bicyclic) bond motifs is 1. The number of hydrogen-bond acceptors (Lipinski definition) is 4. The Morgan fingerprint density at radius 3 is 2.33 bits per heavy atom. The second-order valence-corrected chi connectivity index (χ2v) is 8.83. The molecule has 3 aromatic carbocycles. The zero-order valence-corrected chi connectivity index (χ0v) is 19.2. The molecule has 0 saturated carbocycles. The summed E-state index contributed by atoms with van der Waals surface area (Å²) in [5, 5.41) is 1.36. The minimum absolute atomic E-state index is 0.292. The van der Waals surface area contributed by atoms with E-state index in [0.717, 1.165) is 21.7 Å². The highest BCUT2D eigenvalue weighted by molar-refractivity contribution is 7.98. The number of amides is 2. The zero-order valence-electron chi connectivity index (χ0n) is 17.6. The third kappa shape index (κ3) is 5.27. The van der Waals surface area contributed by atoms with E-state index < -0.39 is 17.6 Å². The number of carbonyl (C=O) groups is 3. The highest BCUT2D eigenvalue weighted by atomic mass is 35.5. The smallest absolute Gasteiger partial charge is 0.310 e. The number of Topliss-reactive ketones (excluding diaryl/α,β-unsaturated/α-hetero) is 1. The van der Waals surface area contributed by atoms with Crippen LogP contribution in [0, 0.1) is 6.92 Å². The Kier molecular flexibility index (Phi) is 6.82. The van der Waals surface area contributed by atoms with Gasteiger partial charge in [-0.3, -0.25) is 25.2 Å². The van der Waals surface area contributed by atoms with Gasteiger partial charge in [-0.05, 0) is 55.0 Å². The molecule has 1 heterocycles. The number of nitrogens with one attached hydrogen (secondary N) is 3. The molecule has 0 aliphatic carbocycles. The first-order valence-electron chi connectivity index (χ1n) is 10.1. The molecule has 33 heavy (non-hydrogen) atoms. The van der Waals surface area contributed by atoms with E-state index in [-0.39, 0.29) is 0 Å². The Labute approximate surface area is 199 Å². The normalized spacial score (nSPS) is 10.7. The Morgan fingerprint density at radius 1 is 0.909 bits per heavy atom. The zero-order chi connectivity index (χ0) is 23.4. The predicted octanol–water partition coefficient (Wildman–Crippen LogP) is 5.07. The van der Waals surface area contributed by atoms with E-state index in [1.807, 2.05) is 48.5 Å². The number of aromatic amines is 1. The average Bonchev–Trinajstić information content (AvgIpc) is 3.17. The van der Waals surface area contributed by atoms with Crippen molar-refractivity contribution in [1.29, 1.82) is 0 Å². The van der Waals surface area contributed by atoms with E-state index in [1.165, 1.54) is 0 Å². The number of ketones is 1. The molecule has 2 amide bonds. The summed E-state index contributed by atoms with van der Waals surface area (Å²) >= 11 is 7.56. The molecule has 0 atom stereocenters. The first-order valence-corrected chi connectivity index (χ1v) is 11.5. The maximum Gasteiger partial charge on any atom is 0.310 e. The van der Waals surface area contributed by atoms with E-state index in [1.54, 1.807) is 43.0 Å². The van der Waals surface area contributed by atoms with Gasteiger partial charge in [0.2, 0.25) is 0 Å². The lowest BCUT2D eigenvalue weighted by Crippen LogP contribution is -2.45. The number of carbonyl (C=O) groups excluding carboxylic acids is 3. The van der Waals surface area contributed by atoms with Gasteiger partial charge in [0.1, 0.15) is 0 Å². The second kappa shape index (κ2) is 9.94. The van der Waals surface area contributed by atoms with Crippen LogP contribution in [0.1, 0.15) is 32.0 Å². The number of hydrazine groups is 1. The number of aromatic nitrogens is 1. The van der Waals surface area contributed by atoms with Crippen molar-refractivity contribution in [2.24, 2.45) is 0 Å². The molecule has 1 aromatic heterocycles. The molecule has 166 valence electrons. The first kappa shape index (κ1) is 22.6. The van der Waals surface area contributed by atoms with Crippen LogP contribution in [0.5, 0.6) is 0 Å². The van der Waals surface area contributed by atoms with Crippen LogP contribution in [0.3, 0.4) is 0 Å². The van der Waals surface area contributed by atoms with Crippen LogP contribution >= 0.6 is 23.4 Å². The summed E-state index contributed by atoms with van der Waals surface area (Å²) in [4.78, 5) is 41.6. The molecule has 0 saturated heterocycles. The molecule has 4 aromatic rings. The van der Waals surface area contributed by atoms with Crippen molar-refractivity contribution in [1.82, 2.24) is 15.8 Å². The van der Waals surface area contributed by atoms with Gasteiger partial charge in [0.05, 0.1) is 5.56 Å². The first-order chi connectivity index (χ1) is 15.9. The predicted molar refractivity (Wildman–Crippen MR) is 130 cm³/mol. The van der Waals surface area contributed by atoms with Gasteiger partial charge in [-0.1, -0.05) is 41.9 Å². The Morgan fingerprint density at radius 2 is 1.61 bits per heavy atom. The monoisotopic (exact) mass is 477 g/mol. The fourth-order valence-electron chi connectivity index (χ4n) is 3.38. The van der Waals surface area contributed by atoms with Crippen LogP contribution in [0.15, 0.2) is 77.7 Å². The molecule has 3 N–H and O–H groups in total. The van der Waals surface area contributed by atoms with E-state index in [4.69, 9.17) is 11.6 Å². The second-order valence-electron chi connectivity index (χ2n) is 7.35. The summed E-state index contributed by atoms with van der Waals surface area (Å²) in [5.74, 6) is -1.41. The number of hydrogen-bond donors (Lipinski definition) is 3. The molecule has 0 aliphatic heterocycles. The van der Waals surface area contributed by atoms with Gasteiger partial charge in [0.15, 0.2) is 0 Å². The highest BCUT2D eigenvalue weighted by Crippen LogP contribution is 2.24. The number of H-pyrrole nitrogens is 1. The van der Waals surface area contributed by atoms with Crippen LogP contribution in [0.25, 0.3) is 10.9 Å². The molecule has 4 rings (SSSR count). The third-order valence-electron chi connectivity index (χ3n) is 5.05. The quantitative estimate of drug-likeness (QED) is 0.156. The molecule has 8 heteroatoms. The fraction of sp³-hybridized carbons (Fsp3) is 0.0800. The molecular formula is C25H20ClN3O3S. The van der Waals surface area contributed by atoms with E-state index >= 15 is 0 Å².